The molecule has 0 saturated heterocycles. The van der Waals surface area contributed by atoms with E-state index < -0.39 is 7.82 Å². The predicted molar refractivity (Wildman–Crippen MR) is 77.3 cm³/mol. The van der Waals surface area contributed by atoms with Crippen LogP contribution in [-0.2, 0) is 26.8 Å². The van der Waals surface area contributed by atoms with Gasteiger partial charge < -0.3 is 4.89 Å². The number of hydrogen-bond donors (Lipinski definition) is 1. The molecule has 1 N–H and O–H groups in total. The SMILES string of the molecule is O=P(O)(OCc1ccccc1)OCc1ccccc1Cl. The molecule has 2 aromatic carbocycles. The van der Waals surface area contributed by atoms with E-state index in [2.05, 4.69) is 0 Å². The number of hydrogen-bond acceptors (Lipinski definition) is 3. The third kappa shape index (κ3) is 4.75. The summed E-state index contributed by atoms with van der Waals surface area (Å²) < 4.78 is 21.6. The van der Waals surface area contributed by atoms with E-state index in [1.165, 1.54) is 0 Å². The molecule has 0 aliphatic rings. The molecule has 0 aliphatic heterocycles. The zero-order chi connectivity index (χ0) is 14.4. The molecule has 2 aromatic rings. The lowest BCUT2D eigenvalue weighted by molar-refractivity contribution is 0.137. The van der Waals surface area contributed by atoms with Gasteiger partial charge in [-0.2, -0.15) is 0 Å². The number of halogens is 1. The lowest BCUT2D eigenvalue weighted by Gasteiger charge is -2.12. The van der Waals surface area contributed by atoms with E-state index in [1.54, 1.807) is 36.4 Å². The molecule has 0 aromatic heterocycles. The van der Waals surface area contributed by atoms with Gasteiger partial charge in [0.1, 0.15) is 0 Å². The molecule has 0 fully saturated rings. The Bertz CT molecular complexity index is 603. The molecule has 0 saturated carbocycles. The van der Waals surface area contributed by atoms with Crippen molar-refractivity contribution < 1.29 is 18.5 Å². The Labute approximate surface area is 122 Å². The summed E-state index contributed by atoms with van der Waals surface area (Å²) in [7, 11) is -4.10. The summed E-state index contributed by atoms with van der Waals surface area (Å²) in [5.74, 6) is 0. The van der Waals surface area contributed by atoms with Crippen molar-refractivity contribution in [2.45, 2.75) is 13.2 Å². The van der Waals surface area contributed by atoms with Crippen LogP contribution in [0.1, 0.15) is 11.1 Å². The topological polar surface area (TPSA) is 55.8 Å². The average molecular weight is 313 g/mol. The second kappa shape index (κ2) is 7.02. The van der Waals surface area contributed by atoms with Crippen molar-refractivity contribution in [1.82, 2.24) is 0 Å². The Hall–Kier alpha value is -1.16. The van der Waals surface area contributed by atoms with Crippen molar-refractivity contribution in [2.24, 2.45) is 0 Å². The Balaban J connectivity index is 1.88. The van der Waals surface area contributed by atoms with Gasteiger partial charge in [0, 0.05) is 5.02 Å². The first-order valence-electron chi connectivity index (χ1n) is 5.96. The van der Waals surface area contributed by atoms with Crippen LogP contribution in [0.15, 0.2) is 54.6 Å². The van der Waals surface area contributed by atoms with Gasteiger partial charge in [0.15, 0.2) is 0 Å². The zero-order valence-corrected chi connectivity index (χ0v) is 12.3. The minimum absolute atomic E-state index is 0.0111. The third-order valence-corrected chi connectivity index (χ3v) is 3.86. The molecule has 2 rings (SSSR count). The van der Waals surface area contributed by atoms with E-state index in [1.807, 2.05) is 18.2 Å². The van der Waals surface area contributed by atoms with Crippen molar-refractivity contribution in [2.75, 3.05) is 0 Å². The summed E-state index contributed by atoms with van der Waals surface area (Å²) in [6.45, 7) is -0.0701. The van der Waals surface area contributed by atoms with Gasteiger partial charge in [-0.3, -0.25) is 9.05 Å². The van der Waals surface area contributed by atoms with Gasteiger partial charge in [-0.25, -0.2) is 4.57 Å². The summed E-state index contributed by atoms with van der Waals surface area (Å²) in [4.78, 5) is 9.60. The van der Waals surface area contributed by atoms with Crippen molar-refractivity contribution in [3.05, 3.63) is 70.7 Å². The maximum absolute atomic E-state index is 11.7. The minimum Gasteiger partial charge on any atom is -0.302 e. The van der Waals surface area contributed by atoms with Gasteiger partial charge in [0.05, 0.1) is 13.2 Å². The van der Waals surface area contributed by atoms with E-state index in [4.69, 9.17) is 20.6 Å². The Morgan fingerprint density at radius 3 is 2.25 bits per heavy atom. The fourth-order valence-corrected chi connectivity index (χ4v) is 2.41. The predicted octanol–water partition coefficient (Wildman–Crippen LogP) is 4.17. The Morgan fingerprint density at radius 2 is 1.55 bits per heavy atom. The highest BCUT2D eigenvalue weighted by molar-refractivity contribution is 7.47. The first-order chi connectivity index (χ1) is 9.57. The maximum Gasteiger partial charge on any atom is 0.472 e. The quantitative estimate of drug-likeness (QED) is 0.813. The molecule has 4 nitrogen and oxygen atoms in total. The van der Waals surface area contributed by atoms with Crippen LogP contribution in [0, 0.1) is 0 Å². The summed E-state index contributed by atoms with van der Waals surface area (Å²) >= 11 is 5.93. The van der Waals surface area contributed by atoms with Gasteiger partial charge in [0.2, 0.25) is 0 Å². The number of rotatable bonds is 6. The third-order valence-electron chi connectivity index (χ3n) is 2.58. The maximum atomic E-state index is 11.7. The molecule has 0 bridgehead atoms. The van der Waals surface area contributed by atoms with Crippen LogP contribution in [0.5, 0.6) is 0 Å². The van der Waals surface area contributed by atoms with Crippen molar-refractivity contribution in [3.63, 3.8) is 0 Å². The largest absolute Gasteiger partial charge is 0.472 e. The lowest BCUT2D eigenvalue weighted by atomic mass is 10.2. The summed E-state index contributed by atoms with van der Waals surface area (Å²) in [5, 5.41) is 0.482. The molecule has 0 heterocycles. The monoisotopic (exact) mass is 312 g/mol. The second-order valence-electron chi connectivity index (χ2n) is 4.09. The van der Waals surface area contributed by atoms with Crippen LogP contribution in [-0.4, -0.2) is 4.89 Å². The average Bonchev–Trinajstić information content (AvgIpc) is 2.46. The van der Waals surface area contributed by atoms with Gasteiger partial charge in [-0.1, -0.05) is 60.1 Å². The second-order valence-corrected chi connectivity index (χ2v) is 5.95. The van der Waals surface area contributed by atoms with Crippen LogP contribution >= 0.6 is 19.4 Å². The molecule has 20 heavy (non-hydrogen) atoms. The van der Waals surface area contributed by atoms with Crippen molar-refractivity contribution >= 4 is 19.4 Å². The number of phosphoric ester groups is 1. The highest BCUT2D eigenvalue weighted by Crippen LogP contribution is 2.45. The van der Waals surface area contributed by atoms with Gasteiger partial charge in [-0.15, -0.1) is 0 Å². The minimum atomic E-state index is -4.10. The molecule has 1 unspecified atom stereocenters. The molecule has 0 amide bonds. The Kier molecular flexibility index (Phi) is 5.35. The molecule has 0 spiro atoms. The van der Waals surface area contributed by atoms with E-state index >= 15 is 0 Å². The summed E-state index contributed by atoms with van der Waals surface area (Å²) in [6.07, 6.45) is 0. The highest BCUT2D eigenvalue weighted by Gasteiger charge is 2.21. The van der Waals surface area contributed by atoms with Crippen molar-refractivity contribution in [1.29, 1.82) is 0 Å². The molecular formula is C14H14ClO4P. The molecule has 1 atom stereocenters. The molecule has 106 valence electrons. The fraction of sp³-hybridized carbons (Fsp3) is 0.143. The first kappa shape index (κ1) is 15.2. The van der Waals surface area contributed by atoms with Gasteiger partial charge in [0.25, 0.3) is 0 Å². The van der Waals surface area contributed by atoms with E-state index in [0.29, 0.717) is 10.6 Å². The van der Waals surface area contributed by atoms with E-state index in [-0.39, 0.29) is 13.2 Å². The Morgan fingerprint density at radius 1 is 0.950 bits per heavy atom. The standard InChI is InChI=1S/C14H14ClO4P/c15-14-9-5-4-8-13(14)11-19-20(16,17)18-10-12-6-2-1-3-7-12/h1-9H,10-11H2,(H,16,17). The first-order valence-corrected chi connectivity index (χ1v) is 7.83. The summed E-state index contributed by atoms with van der Waals surface area (Å²) in [6, 6.07) is 16.1. The lowest BCUT2D eigenvalue weighted by Crippen LogP contribution is -1.97. The van der Waals surface area contributed by atoms with Crippen molar-refractivity contribution in [3.8, 4) is 0 Å². The van der Waals surface area contributed by atoms with Crippen LogP contribution in [0.4, 0.5) is 0 Å². The summed E-state index contributed by atoms with van der Waals surface area (Å²) in [5.41, 5.74) is 1.43. The highest BCUT2D eigenvalue weighted by atomic mass is 35.5. The van der Waals surface area contributed by atoms with Gasteiger partial charge >= 0.3 is 7.82 Å². The smallest absolute Gasteiger partial charge is 0.302 e. The molecule has 0 radical (unpaired) electrons. The molecule has 6 heteroatoms. The van der Waals surface area contributed by atoms with Crippen LogP contribution in [0.25, 0.3) is 0 Å². The van der Waals surface area contributed by atoms with Crippen LogP contribution in [0.2, 0.25) is 5.02 Å². The van der Waals surface area contributed by atoms with E-state index in [9.17, 15) is 9.46 Å². The van der Waals surface area contributed by atoms with Gasteiger partial charge in [-0.05, 0) is 17.2 Å². The van der Waals surface area contributed by atoms with Crippen LogP contribution < -0.4 is 0 Å². The molecule has 0 aliphatic carbocycles. The number of phosphoric acid groups is 1. The van der Waals surface area contributed by atoms with Crippen LogP contribution in [0.3, 0.4) is 0 Å². The van der Waals surface area contributed by atoms with E-state index in [0.717, 1.165) is 5.56 Å². The zero-order valence-electron chi connectivity index (χ0n) is 10.6. The normalized spacial score (nSPS) is 13.9. The molecular weight excluding hydrogens is 299 g/mol. The number of benzene rings is 2. The fourth-order valence-electron chi connectivity index (χ4n) is 1.53.